The van der Waals surface area contributed by atoms with E-state index in [2.05, 4.69) is 20.8 Å². The molecule has 1 aromatic heterocycles. The molecule has 0 amide bonds. The van der Waals surface area contributed by atoms with Gasteiger partial charge in [0.25, 0.3) is 0 Å². The zero-order valence-corrected chi connectivity index (χ0v) is 14.6. The Bertz CT molecular complexity index is 830. The maximum atomic E-state index is 5.88. The summed E-state index contributed by atoms with van der Waals surface area (Å²) in [6, 6.07) is 13.8. The summed E-state index contributed by atoms with van der Waals surface area (Å²) in [6.07, 6.45) is 0. The van der Waals surface area contributed by atoms with Crippen LogP contribution >= 0.6 is 0 Å². The van der Waals surface area contributed by atoms with Gasteiger partial charge < -0.3 is 14.8 Å². The van der Waals surface area contributed by atoms with Crippen LogP contribution in [0.15, 0.2) is 42.5 Å². The fourth-order valence-electron chi connectivity index (χ4n) is 2.47. The van der Waals surface area contributed by atoms with Gasteiger partial charge in [0.1, 0.15) is 0 Å². The van der Waals surface area contributed by atoms with Crippen molar-refractivity contribution in [3.8, 4) is 17.2 Å². The molecule has 0 spiro atoms. The van der Waals surface area contributed by atoms with Gasteiger partial charge >= 0.3 is 0 Å². The maximum absolute atomic E-state index is 5.88. The fourth-order valence-corrected chi connectivity index (χ4v) is 2.47. The van der Waals surface area contributed by atoms with Crippen molar-refractivity contribution in [2.45, 2.75) is 20.1 Å². The molecule has 0 aliphatic carbocycles. The van der Waals surface area contributed by atoms with Crippen LogP contribution in [0.3, 0.4) is 0 Å². The third-order valence-electron chi connectivity index (χ3n) is 3.78. The lowest BCUT2D eigenvalue weighted by Crippen LogP contribution is -2.08. The number of nitrogens with one attached hydrogen (secondary N) is 1. The van der Waals surface area contributed by atoms with Gasteiger partial charge in [0.05, 0.1) is 12.8 Å². The number of aryl methyl sites for hydroxylation is 1. The molecule has 1 heterocycles. The average Bonchev–Trinajstić information content (AvgIpc) is 3.10. The predicted octanol–water partition coefficient (Wildman–Crippen LogP) is 2.28. The van der Waals surface area contributed by atoms with Crippen molar-refractivity contribution in [1.29, 1.82) is 0 Å². The minimum atomic E-state index is 0.239. The summed E-state index contributed by atoms with van der Waals surface area (Å²) in [5.74, 6) is 1.95. The largest absolute Gasteiger partial charge is 0.493 e. The predicted molar refractivity (Wildman–Crippen MR) is 94.0 cm³/mol. The van der Waals surface area contributed by atoms with E-state index in [0.29, 0.717) is 17.3 Å². The molecule has 7 heteroatoms. The molecule has 7 nitrogen and oxygen atoms in total. The van der Waals surface area contributed by atoms with Crippen molar-refractivity contribution < 1.29 is 9.47 Å². The van der Waals surface area contributed by atoms with E-state index in [9.17, 15) is 0 Å². The zero-order valence-electron chi connectivity index (χ0n) is 14.6. The highest BCUT2D eigenvalue weighted by Crippen LogP contribution is 2.28. The molecule has 0 fully saturated rings. The first kappa shape index (κ1) is 16.9. The first-order valence-corrected chi connectivity index (χ1v) is 8.00. The first-order valence-electron chi connectivity index (χ1n) is 8.00. The number of hydrogen-bond donors (Lipinski definition) is 1. The van der Waals surface area contributed by atoms with Crippen molar-refractivity contribution in [3.05, 3.63) is 59.4 Å². The number of benzene rings is 2. The van der Waals surface area contributed by atoms with Gasteiger partial charge in [0, 0.05) is 6.54 Å². The normalized spacial score (nSPS) is 10.7. The van der Waals surface area contributed by atoms with E-state index in [-0.39, 0.29) is 6.61 Å². The molecule has 25 heavy (non-hydrogen) atoms. The lowest BCUT2D eigenvalue weighted by molar-refractivity contribution is 0.273. The first-order chi connectivity index (χ1) is 12.2. The van der Waals surface area contributed by atoms with Gasteiger partial charge in [-0.25, -0.2) is 0 Å². The second-order valence-electron chi connectivity index (χ2n) is 5.65. The highest BCUT2D eigenvalue weighted by atomic mass is 16.5. The lowest BCUT2D eigenvalue weighted by Gasteiger charge is -2.12. The highest BCUT2D eigenvalue weighted by molar-refractivity contribution is 5.43. The van der Waals surface area contributed by atoms with Crippen LogP contribution in [0.2, 0.25) is 0 Å². The van der Waals surface area contributed by atoms with E-state index in [0.717, 1.165) is 17.8 Å². The molecule has 0 saturated carbocycles. The Balaban J connectivity index is 1.76. The van der Waals surface area contributed by atoms with Crippen LogP contribution in [0.4, 0.5) is 0 Å². The van der Waals surface area contributed by atoms with Gasteiger partial charge in [-0.1, -0.05) is 23.8 Å². The van der Waals surface area contributed by atoms with Gasteiger partial charge in [-0.2, -0.15) is 4.68 Å². The molecule has 0 radical (unpaired) electrons. The van der Waals surface area contributed by atoms with Crippen LogP contribution in [0.1, 0.15) is 17.0 Å². The van der Waals surface area contributed by atoms with Crippen LogP contribution in [-0.2, 0) is 13.2 Å². The second kappa shape index (κ2) is 7.76. The smallest absolute Gasteiger partial charge is 0.194 e. The molecular weight excluding hydrogens is 318 g/mol. The monoisotopic (exact) mass is 339 g/mol. The molecule has 0 bridgehead atoms. The Kier molecular flexibility index (Phi) is 5.25. The van der Waals surface area contributed by atoms with E-state index in [1.165, 1.54) is 5.56 Å². The Labute approximate surface area is 146 Å². The third kappa shape index (κ3) is 3.95. The Morgan fingerprint density at radius 2 is 1.88 bits per heavy atom. The van der Waals surface area contributed by atoms with Gasteiger partial charge in [0.15, 0.2) is 23.9 Å². The minimum absolute atomic E-state index is 0.239. The Morgan fingerprint density at radius 1 is 1.08 bits per heavy atom. The quantitative estimate of drug-likeness (QED) is 0.712. The number of rotatable bonds is 7. The SMILES string of the molecule is CNCc1ccc(OCc2nnnn2-c2ccc(C)cc2)c(OC)c1. The average molecular weight is 339 g/mol. The number of hydrogen-bond acceptors (Lipinski definition) is 6. The van der Waals surface area contributed by atoms with Crippen LogP contribution in [0, 0.1) is 6.92 Å². The Hall–Kier alpha value is -2.93. The Morgan fingerprint density at radius 3 is 2.60 bits per heavy atom. The molecule has 0 aliphatic heterocycles. The molecule has 1 N–H and O–H groups in total. The van der Waals surface area contributed by atoms with Crippen LogP contribution in [0.25, 0.3) is 5.69 Å². The number of aromatic nitrogens is 4. The van der Waals surface area contributed by atoms with Gasteiger partial charge in [-0.3, -0.25) is 0 Å². The summed E-state index contributed by atoms with van der Waals surface area (Å²) < 4.78 is 13.0. The number of tetrazole rings is 1. The minimum Gasteiger partial charge on any atom is -0.493 e. The van der Waals surface area contributed by atoms with Crippen LogP contribution in [0.5, 0.6) is 11.5 Å². The molecule has 0 aliphatic rings. The van der Waals surface area contributed by atoms with Crippen LogP contribution < -0.4 is 14.8 Å². The van der Waals surface area contributed by atoms with Crippen molar-refractivity contribution >= 4 is 0 Å². The van der Waals surface area contributed by atoms with E-state index in [1.807, 2.05) is 56.4 Å². The summed E-state index contributed by atoms with van der Waals surface area (Å²) >= 11 is 0. The van der Waals surface area contributed by atoms with E-state index < -0.39 is 0 Å². The molecule has 130 valence electrons. The number of methoxy groups -OCH3 is 1. The summed E-state index contributed by atoms with van der Waals surface area (Å²) in [7, 11) is 3.53. The summed E-state index contributed by atoms with van der Waals surface area (Å²) in [6.45, 7) is 3.04. The second-order valence-corrected chi connectivity index (χ2v) is 5.65. The number of nitrogens with zero attached hydrogens (tertiary/aromatic N) is 4. The van der Waals surface area contributed by atoms with Gasteiger partial charge in [-0.05, 0) is 54.2 Å². The van der Waals surface area contributed by atoms with Crippen LogP contribution in [-0.4, -0.2) is 34.4 Å². The summed E-state index contributed by atoms with van der Waals surface area (Å²) in [5, 5.41) is 15.0. The van der Waals surface area contributed by atoms with Crippen molar-refractivity contribution in [2.75, 3.05) is 14.2 Å². The summed E-state index contributed by atoms with van der Waals surface area (Å²) in [4.78, 5) is 0. The van der Waals surface area contributed by atoms with Crippen molar-refractivity contribution in [1.82, 2.24) is 25.5 Å². The van der Waals surface area contributed by atoms with Crippen molar-refractivity contribution in [2.24, 2.45) is 0 Å². The highest BCUT2D eigenvalue weighted by Gasteiger charge is 2.11. The molecule has 0 unspecified atom stereocenters. The molecule has 0 atom stereocenters. The van der Waals surface area contributed by atoms with Gasteiger partial charge in [-0.15, -0.1) is 5.10 Å². The standard InChI is InChI=1S/C18H21N5O2/c1-13-4-7-15(8-5-13)23-18(20-21-22-23)12-25-16-9-6-14(11-19-2)10-17(16)24-3/h4-10,19H,11-12H2,1-3H3. The molecule has 0 saturated heterocycles. The third-order valence-corrected chi connectivity index (χ3v) is 3.78. The lowest BCUT2D eigenvalue weighted by atomic mass is 10.2. The topological polar surface area (TPSA) is 74.1 Å². The zero-order chi connectivity index (χ0) is 17.6. The molecule has 3 rings (SSSR count). The van der Waals surface area contributed by atoms with Crippen molar-refractivity contribution in [3.63, 3.8) is 0 Å². The van der Waals surface area contributed by atoms with E-state index >= 15 is 0 Å². The molecule has 2 aromatic carbocycles. The van der Waals surface area contributed by atoms with E-state index in [4.69, 9.17) is 9.47 Å². The van der Waals surface area contributed by atoms with Gasteiger partial charge in [0.2, 0.25) is 0 Å². The summed E-state index contributed by atoms with van der Waals surface area (Å²) in [5.41, 5.74) is 3.20. The maximum Gasteiger partial charge on any atom is 0.194 e. The molecule has 3 aromatic rings. The molecular formula is C18H21N5O2. The fraction of sp³-hybridized carbons (Fsp3) is 0.278. The van der Waals surface area contributed by atoms with E-state index in [1.54, 1.807) is 11.8 Å². The number of ether oxygens (including phenoxy) is 2.